The van der Waals surface area contributed by atoms with Gasteiger partial charge in [-0.3, -0.25) is 4.79 Å². The predicted octanol–water partition coefficient (Wildman–Crippen LogP) is 3.45. The second-order valence-corrected chi connectivity index (χ2v) is 7.56. The minimum absolute atomic E-state index is 0.0891. The molecule has 0 bridgehead atoms. The molecule has 0 aliphatic heterocycles. The van der Waals surface area contributed by atoms with Crippen molar-refractivity contribution in [1.82, 2.24) is 20.1 Å². The summed E-state index contributed by atoms with van der Waals surface area (Å²) in [5.41, 5.74) is -0.764. The first-order valence-corrected chi connectivity index (χ1v) is 9.84. The maximum Gasteiger partial charge on any atom is 0.416 e. The van der Waals surface area contributed by atoms with E-state index in [4.69, 9.17) is 4.74 Å². The number of esters is 1. The maximum atomic E-state index is 13.1. The number of ether oxygens (including phenoxy) is 1. The molecule has 156 valence electrons. The highest BCUT2D eigenvalue weighted by atomic mass is 32.1. The largest absolute Gasteiger partial charge is 0.450 e. The molecule has 1 aromatic carbocycles. The summed E-state index contributed by atoms with van der Waals surface area (Å²) in [5.74, 6) is -1.53. The van der Waals surface area contributed by atoms with Crippen molar-refractivity contribution in [2.75, 3.05) is 6.61 Å². The Kier molecular flexibility index (Phi) is 5.29. The van der Waals surface area contributed by atoms with E-state index < -0.39 is 30.2 Å². The van der Waals surface area contributed by atoms with Crippen molar-refractivity contribution in [2.24, 2.45) is 0 Å². The van der Waals surface area contributed by atoms with Gasteiger partial charge in [0, 0.05) is 6.04 Å². The molecule has 1 aliphatic carbocycles. The van der Waals surface area contributed by atoms with Gasteiger partial charge in [0.2, 0.25) is 0 Å². The fourth-order valence-corrected chi connectivity index (χ4v) is 3.35. The van der Waals surface area contributed by atoms with Crippen molar-refractivity contribution in [1.29, 1.82) is 0 Å². The molecule has 1 N–H and O–H groups in total. The number of nitrogens with zero attached hydrogens (tertiary/aromatic N) is 3. The quantitative estimate of drug-likeness (QED) is 0.599. The second kappa shape index (κ2) is 7.90. The van der Waals surface area contributed by atoms with Gasteiger partial charge in [0.1, 0.15) is 0 Å². The van der Waals surface area contributed by atoms with Gasteiger partial charge in [-0.1, -0.05) is 12.1 Å². The Balaban J connectivity index is 1.62. The Hall–Kier alpha value is -3.21. The number of rotatable bonds is 6. The topological polar surface area (TPSA) is 86.1 Å². The summed E-state index contributed by atoms with van der Waals surface area (Å²) >= 11 is 1.29. The van der Waals surface area contributed by atoms with E-state index in [9.17, 15) is 22.8 Å². The lowest BCUT2D eigenvalue weighted by atomic mass is 10.2. The van der Waals surface area contributed by atoms with Crippen LogP contribution < -0.4 is 5.32 Å². The van der Waals surface area contributed by atoms with Crippen molar-refractivity contribution >= 4 is 23.2 Å². The summed E-state index contributed by atoms with van der Waals surface area (Å²) in [7, 11) is 0. The molecule has 4 rings (SSSR count). The molecule has 0 saturated heterocycles. The van der Waals surface area contributed by atoms with Gasteiger partial charge in [0.15, 0.2) is 12.4 Å². The monoisotopic (exact) mass is 436 g/mol. The summed E-state index contributed by atoms with van der Waals surface area (Å²) in [4.78, 5) is 28.8. The van der Waals surface area contributed by atoms with Gasteiger partial charge in [-0.15, -0.1) is 16.4 Å². The van der Waals surface area contributed by atoms with Crippen LogP contribution in [0.25, 0.3) is 16.4 Å². The van der Waals surface area contributed by atoms with Gasteiger partial charge >= 0.3 is 12.1 Å². The highest BCUT2D eigenvalue weighted by Crippen LogP contribution is 2.32. The number of alkyl halides is 3. The Morgan fingerprint density at radius 2 is 2.03 bits per heavy atom. The van der Waals surface area contributed by atoms with E-state index in [1.165, 1.54) is 23.5 Å². The summed E-state index contributed by atoms with van der Waals surface area (Å²) in [6.45, 7) is -0.484. The molecule has 1 fully saturated rings. The third-order valence-corrected chi connectivity index (χ3v) is 5.09. The molecule has 0 atom stereocenters. The van der Waals surface area contributed by atoms with E-state index >= 15 is 0 Å². The summed E-state index contributed by atoms with van der Waals surface area (Å²) in [6.07, 6.45) is -2.74. The van der Waals surface area contributed by atoms with Crippen LogP contribution >= 0.6 is 11.3 Å². The van der Waals surface area contributed by atoms with E-state index in [0.717, 1.165) is 29.7 Å². The van der Waals surface area contributed by atoms with Gasteiger partial charge in [0.25, 0.3) is 11.7 Å². The molecular weight excluding hydrogens is 421 g/mol. The SMILES string of the molecule is O=C(COC(=O)c1nc(-c2cccs2)n(-c2cccc(C(F)(F)F)c2)n1)NC1CC1. The minimum atomic E-state index is -4.53. The van der Waals surface area contributed by atoms with Gasteiger partial charge in [-0.2, -0.15) is 18.2 Å². The van der Waals surface area contributed by atoms with Crippen molar-refractivity contribution in [3.8, 4) is 16.4 Å². The zero-order chi connectivity index (χ0) is 21.3. The lowest BCUT2D eigenvalue weighted by Crippen LogP contribution is -2.30. The molecule has 2 aromatic heterocycles. The summed E-state index contributed by atoms with van der Waals surface area (Å²) in [5, 5.41) is 8.49. The molecule has 7 nitrogen and oxygen atoms in total. The number of halogens is 3. The van der Waals surface area contributed by atoms with Crippen LogP contribution in [-0.2, 0) is 15.7 Å². The number of thiophene rings is 1. The van der Waals surface area contributed by atoms with Gasteiger partial charge in [-0.25, -0.2) is 9.48 Å². The van der Waals surface area contributed by atoms with E-state index in [0.29, 0.717) is 4.88 Å². The number of aromatic nitrogens is 3. The average Bonchev–Trinajstić information content (AvgIpc) is 3.19. The summed E-state index contributed by atoms with van der Waals surface area (Å²) in [6, 6.07) is 8.11. The van der Waals surface area contributed by atoms with Gasteiger partial charge in [0.05, 0.1) is 16.1 Å². The van der Waals surface area contributed by atoms with Crippen LogP contribution in [0.2, 0.25) is 0 Å². The molecule has 0 unspecified atom stereocenters. The van der Waals surface area contributed by atoms with Crippen LogP contribution in [0.4, 0.5) is 13.2 Å². The van der Waals surface area contributed by atoms with E-state index in [1.54, 1.807) is 17.5 Å². The first-order chi connectivity index (χ1) is 14.3. The molecule has 1 amide bonds. The fraction of sp³-hybridized carbons (Fsp3) is 0.263. The number of carbonyl (C=O) groups excluding carboxylic acids is 2. The van der Waals surface area contributed by atoms with Crippen molar-refractivity contribution in [3.63, 3.8) is 0 Å². The standard InChI is InChI=1S/C19H15F3N4O3S/c20-19(21,22)11-3-1-4-13(9-11)26-17(14-5-2-8-30-14)24-16(25-26)18(28)29-10-15(27)23-12-6-7-12/h1-5,8-9,12H,6-7,10H2,(H,23,27). The molecule has 30 heavy (non-hydrogen) atoms. The van der Waals surface area contributed by atoms with Crippen LogP contribution in [0.1, 0.15) is 29.0 Å². The highest BCUT2D eigenvalue weighted by molar-refractivity contribution is 7.13. The second-order valence-electron chi connectivity index (χ2n) is 6.61. The Morgan fingerprint density at radius 3 is 2.70 bits per heavy atom. The van der Waals surface area contributed by atoms with Gasteiger partial charge < -0.3 is 10.1 Å². The normalized spacial score (nSPS) is 13.8. The molecule has 2 heterocycles. The highest BCUT2D eigenvalue weighted by Gasteiger charge is 2.31. The van der Waals surface area contributed by atoms with Crippen LogP contribution in [0.15, 0.2) is 41.8 Å². The van der Waals surface area contributed by atoms with Crippen LogP contribution in [0.5, 0.6) is 0 Å². The lowest BCUT2D eigenvalue weighted by Gasteiger charge is -2.09. The maximum absolute atomic E-state index is 13.1. The third-order valence-electron chi connectivity index (χ3n) is 4.23. The smallest absolute Gasteiger partial charge is 0.416 e. The lowest BCUT2D eigenvalue weighted by molar-refractivity contribution is -0.137. The first-order valence-electron chi connectivity index (χ1n) is 8.96. The number of amides is 1. The zero-order valence-corrected chi connectivity index (χ0v) is 16.2. The zero-order valence-electron chi connectivity index (χ0n) is 15.3. The average molecular weight is 436 g/mol. The summed E-state index contributed by atoms with van der Waals surface area (Å²) < 4.78 is 45.4. The van der Waals surface area contributed by atoms with E-state index in [1.807, 2.05) is 0 Å². The molecule has 1 aliphatic rings. The first kappa shape index (κ1) is 20.1. The number of benzene rings is 1. The third kappa shape index (κ3) is 4.51. The molecule has 1 saturated carbocycles. The fourth-order valence-electron chi connectivity index (χ4n) is 2.65. The van der Waals surface area contributed by atoms with Crippen molar-refractivity contribution in [3.05, 3.63) is 53.2 Å². The van der Waals surface area contributed by atoms with Crippen LogP contribution in [0, 0.1) is 0 Å². The number of nitrogens with one attached hydrogen (secondary N) is 1. The predicted molar refractivity (Wildman–Crippen MR) is 101 cm³/mol. The Bertz CT molecular complexity index is 1080. The van der Waals surface area contributed by atoms with Gasteiger partial charge in [-0.05, 0) is 42.5 Å². The van der Waals surface area contributed by atoms with Crippen LogP contribution in [-0.4, -0.2) is 39.3 Å². The molecule has 11 heteroatoms. The van der Waals surface area contributed by atoms with Crippen molar-refractivity contribution < 1.29 is 27.5 Å². The van der Waals surface area contributed by atoms with E-state index in [-0.39, 0.29) is 23.4 Å². The Labute approximate surface area is 172 Å². The molecule has 0 radical (unpaired) electrons. The minimum Gasteiger partial charge on any atom is -0.450 e. The molecule has 3 aromatic rings. The van der Waals surface area contributed by atoms with Crippen molar-refractivity contribution in [2.45, 2.75) is 25.1 Å². The number of hydrogen-bond donors (Lipinski definition) is 1. The number of hydrogen-bond acceptors (Lipinski definition) is 6. The van der Waals surface area contributed by atoms with Crippen LogP contribution in [0.3, 0.4) is 0 Å². The van der Waals surface area contributed by atoms with E-state index in [2.05, 4.69) is 15.4 Å². The Morgan fingerprint density at radius 1 is 1.23 bits per heavy atom. The number of carbonyl (C=O) groups is 2. The molecule has 0 spiro atoms. The molecular formula is C19H15F3N4O3S.